The molecule has 100 valence electrons. The summed E-state index contributed by atoms with van der Waals surface area (Å²) in [5.74, 6) is 0. The molecule has 0 aromatic heterocycles. The van der Waals surface area contributed by atoms with Crippen molar-refractivity contribution in [1.29, 1.82) is 0 Å². The smallest absolute Gasteiger partial charge is 0.243 e. The minimum absolute atomic E-state index is 0.150. The van der Waals surface area contributed by atoms with Gasteiger partial charge in [0.05, 0.1) is 15.6 Å². The standard InChI is InChI=1S/C12H17ClN2O2S/c1-3-7-15(8-4-2)18(16,17)10-5-6-12(14)11(13)9-10/h3,5-6,9H,1,4,7-8,14H2,2H3. The molecular formula is C12H17ClN2O2S. The van der Waals surface area contributed by atoms with E-state index < -0.39 is 10.0 Å². The summed E-state index contributed by atoms with van der Waals surface area (Å²) in [4.78, 5) is 0.150. The highest BCUT2D eigenvalue weighted by Crippen LogP contribution is 2.24. The molecule has 0 aliphatic carbocycles. The predicted molar refractivity (Wildman–Crippen MR) is 75.1 cm³/mol. The summed E-state index contributed by atoms with van der Waals surface area (Å²) in [6, 6.07) is 4.33. The van der Waals surface area contributed by atoms with Gasteiger partial charge >= 0.3 is 0 Å². The Balaban J connectivity index is 3.17. The van der Waals surface area contributed by atoms with Gasteiger partial charge in [-0.05, 0) is 24.6 Å². The van der Waals surface area contributed by atoms with Crippen molar-refractivity contribution in [3.8, 4) is 0 Å². The molecule has 0 bridgehead atoms. The summed E-state index contributed by atoms with van der Waals surface area (Å²) in [7, 11) is -3.54. The Bertz CT molecular complexity index is 529. The third-order valence-corrected chi connectivity index (χ3v) is 4.60. The Morgan fingerprint density at radius 1 is 1.50 bits per heavy atom. The molecule has 18 heavy (non-hydrogen) atoms. The molecule has 0 heterocycles. The number of hydrogen-bond acceptors (Lipinski definition) is 3. The average molecular weight is 289 g/mol. The van der Waals surface area contributed by atoms with Crippen LogP contribution < -0.4 is 5.73 Å². The zero-order chi connectivity index (χ0) is 13.8. The first kappa shape index (κ1) is 15.0. The van der Waals surface area contributed by atoms with Crippen LogP contribution in [0.2, 0.25) is 5.02 Å². The van der Waals surface area contributed by atoms with Crippen LogP contribution in [0.3, 0.4) is 0 Å². The molecule has 0 fully saturated rings. The van der Waals surface area contributed by atoms with Gasteiger partial charge in [-0.15, -0.1) is 6.58 Å². The van der Waals surface area contributed by atoms with Crippen LogP contribution in [0.4, 0.5) is 5.69 Å². The molecule has 0 atom stereocenters. The summed E-state index contributed by atoms with van der Waals surface area (Å²) in [5.41, 5.74) is 5.93. The van der Waals surface area contributed by atoms with E-state index in [2.05, 4.69) is 6.58 Å². The molecule has 0 radical (unpaired) electrons. The molecule has 1 aromatic carbocycles. The summed E-state index contributed by atoms with van der Waals surface area (Å²) < 4.78 is 26.1. The van der Waals surface area contributed by atoms with E-state index in [4.69, 9.17) is 17.3 Å². The second kappa shape index (κ2) is 6.22. The highest BCUT2D eigenvalue weighted by molar-refractivity contribution is 7.89. The molecule has 0 aliphatic heterocycles. The number of rotatable bonds is 6. The summed E-state index contributed by atoms with van der Waals surface area (Å²) in [6.45, 7) is 6.20. The maximum atomic E-state index is 12.4. The van der Waals surface area contributed by atoms with Gasteiger partial charge in [-0.2, -0.15) is 4.31 Å². The highest BCUT2D eigenvalue weighted by atomic mass is 35.5. The maximum absolute atomic E-state index is 12.4. The molecule has 0 spiro atoms. The lowest BCUT2D eigenvalue weighted by atomic mass is 10.3. The van der Waals surface area contributed by atoms with Crippen molar-refractivity contribution in [2.24, 2.45) is 0 Å². The molecule has 6 heteroatoms. The monoisotopic (exact) mass is 288 g/mol. The van der Waals surface area contributed by atoms with Crippen LogP contribution >= 0.6 is 11.6 Å². The second-order valence-electron chi connectivity index (χ2n) is 3.84. The fraction of sp³-hybridized carbons (Fsp3) is 0.333. The predicted octanol–water partition coefficient (Wildman–Crippen LogP) is 2.51. The molecule has 0 saturated carbocycles. The Morgan fingerprint density at radius 2 is 2.17 bits per heavy atom. The molecule has 0 unspecified atom stereocenters. The molecule has 1 rings (SSSR count). The van der Waals surface area contributed by atoms with Crippen molar-refractivity contribution < 1.29 is 8.42 Å². The van der Waals surface area contributed by atoms with Crippen LogP contribution in [0.25, 0.3) is 0 Å². The van der Waals surface area contributed by atoms with Crippen LogP contribution in [-0.2, 0) is 10.0 Å². The normalized spacial score (nSPS) is 11.7. The Hall–Kier alpha value is -1.04. The number of nitrogens with zero attached hydrogens (tertiary/aromatic N) is 1. The van der Waals surface area contributed by atoms with E-state index in [0.717, 1.165) is 6.42 Å². The Morgan fingerprint density at radius 3 is 2.67 bits per heavy atom. The second-order valence-corrected chi connectivity index (χ2v) is 6.18. The number of sulfonamides is 1. The van der Waals surface area contributed by atoms with Gasteiger partial charge in [0, 0.05) is 13.1 Å². The average Bonchev–Trinajstić information content (AvgIpc) is 2.32. The lowest BCUT2D eigenvalue weighted by molar-refractivity contribution is 0.441. The lowest BCUT2D eigenvalue weighted by Gasteiger charge is -2.20. The van der Waals surface area contributed by atoms with E-state index in [0.29, 0.717) is 12.2 Å². The third-order valence-electron chi connectivity index (χ3n) is 2.42. The van der Waals surface area contributed by atoms with Gasteiger partial charge in [-0.25, -0.2) is 8.42 Å². The number of nitrogens with two attached hydrogens (primary N) is 1. The minimum atomic E-state index is -3.54. The SMILES string of the molecule is C=CCN(CCC)S(=O)(=O)c1ccc(N)c(Cl)c1. The fourth-order valence-corrected chi connectivity index (χ4v) is 3.30. The molecular weight excluding hydrogens is 272 g/mol. The summed E-state index contributed by atoms with van der Waals surface area (Å²) >= 11 is 5.85. The van der Waals surface area contributed by atoms with Crippen molar-refractivity contribution in [2.75, 3.05) is 18.8 Å². The van der Waals surface area contributed by atoms with Crippen LogP contribution in [-0.4, -0.2) is 25.8 Å². The number of anilines is 1. The summed E-state index contributed by atoms with van der Waals surface area (Å²) in [6.07, 6.45) is 2.29. The van der Waals surface area contributed by atoms with Crippen molar-refractivity contribution in [1.82, 2.24) is 4.31 Å². The van der Waals surface area contributed by atoms with Crippen molar-refractivity contribution >= 4 is 27.3 Å². The molecule has 4 nitrogen and oxygen atoms in total. The van der Waals surface area contributed by atoms with Gasteiger partial charge in [0.25, 0.3) is 0 Å². The first-order chi connectivity index (χ1) is 8.43. The zero-order valence-electron chi connectivity index (χ0n) is 10.3. The molecule has 2 N–H and O–H groups in total. The van der Waals surface area contributed by atoms with Crippen molar-refractivity contribution in [3.05, 3.63) is 35.9 Å². The van der Waals surface area contributed by atoms with Crippen LogP contribution in [0.1, 0.15) is 13.3 Å². The van der Waals surface area contributed by atoms with E-state index in [-0.39, 0.29) is 16.5 Å². The zero-order valence-corrected chi connectivity index (χ0v) is 11.8. The van der Waals surface area contributed by atoms with Crippen LogP contribution in [0.15, 0.2) is 35.7 Å². The number of hydrogen-bond donors (Lipinski definition) is 1. The largest absolute Gasteiger partial charge is 0.398 e. The number of halogens is 1. The summed E-state index contributed by atoms with van der Waals surface area (Å²) in [5, 5.41) is 0.242. The fourth-order valence-electron chi connectivity index (χ4n) is 1.52. The molecule has 0 amide bonds. The van der Waals surface area contributed by atoms with Crippen LogP contribution in [0.5, 0.6) is 0 Å². The van der Waals surface area contributed by atoms with Gasteiger partial charge in [0.15, 0.2) is 0 Å². The van der Waals surface area contributed by atoms with E-state index in [1.807, 2.05) is 6.92 Å². The minimum Gasteiger partial charge on any atom is -0.398 e. The molecule has 1 aromatic rings. The topological polar surface area (TPSA) is 63.4 Å². The molecule has 0 saturated heterocycles. The molecule has 0 aliphatic rings. The van der Waals surface area contributed by atoms with Gasteiger partial charge in [-0.1, -0.05) is 24.6 Å². The van der Waals surface area contributed by atoms with E-state index in [1.54, 1.807) is 6.08 Å². The lowest BCUT2D eigenvalue weighted by Crippen LogP contribution is -2.32. The van der Waals surface area contributed by atoms with Crippen molar-refractivity contribution in [3.63, 3.8) is 0 Å². The number of benzene rings is 1. The highest BCUT2D eigenvalue weighted by Gasteiger charge is 2.23. The van der Waals surface area contributed by atoms with Crippen LogP contribution in [0, 0.1) is 0 Å². The first-order valence-corrected chi connectivity index (χ1v) is 7.41. The van der Waals surface area contributed by atoms with E-state index in [1.165, 1.54) is 22.5 Å². The van der Waals surface area contributed by atoms with Gasteiger partial charge in [0.2, 0.25) is 10.0 Å². The third kappa shape index (κ3) is 3.25. The number of nitrogen functional groups attached to an aromatic ring is 1. The van der Waals surface area contributed by atoms with E-state index >= 15 is 0 Å². The van der Waals surface area contributed by atoms with Gasteiger partial charge < -0.3 is 5.73 Å². The van der Waals surface area contributed by atoms with Gasteiger partial charge in [0.1, 0.15) is 0 Å². The first-order valence-electron chi connectivity index (χ1n) is 5.59. The van der Waals surface area contributed by atoms with E-state index in [9.17, 15) is 8.42 Å². The Kier molecular flexibility index (Phi) is 5.19. The Labute approximate surface area is 113 Å². The van der Waals surface area contributed by atoms with Gasteiger partial charge in [-0.3, -0.25) is 0 Å². The maximum Gasteiger partial charge on any atom is 0.243 e. The quantitative estimate of drug-likeness (QED) is 0.646. The van der Waals surface area contributed by atoms with Crippen molar-refractivity contribution in [2.45, 2.75) is 18.2 Å².